The lowest BCUT2D eigenvalue weighted by atomic mass is 10.00. The first-order chi connectivity index (χ1) is 11.5. The molecule has 0 aliphatic carbocycles. The van der Waals surface area contributed by atoms with E-state index in [0.29, 0.717) is 6.42 Å². The van der Waals surface area contributed by atoms with Crippen molar-refractivity contribution in [2.75, 3.05) is 0 Å². The topological polar surface area (TPSA) is 49.4 Å². The molecule has 0 spiro atoms. The predicted octanol–water partition coefficient (Wildman–Crippen LogP) is 4.42. The Morgan fingerprint density at radius 2 is 1.84 bits per heavy atom. The number of hydrogen-bond acceptors (Lipinski definition) is 3. The van der Waals surface area contributed by atoms with Gasteiger partial charge in [0, 0.05) is 0 Å². The smallest absolute Gasteiger partial charge is 0.192 e. The molecule has 0 heterocycles. The van der Waals surface area contributed by atoms with Gasteiger partial charge >= 0.3 is 0 Å². The number of carbonyl (C=O) groups excluding carboxylic acids is 1. The lowest BCUT2D eigenvalue weighted by Gasteiger charge is -2.40. The van der Waals surface area contributed by atoms with Crippen LogP contribution in [0.15, 0.2) is 48.6 Å². The molecule has 2 atom stereocenters. The van der Waals surface area contributed by atoms with E-state index in [1.807, 2.05) is 18.2 Å². The molecule has 138 valence electrons. The number of aliphatic carboxylic acids is 1. The van der Waals surface area contributed by atoms with Gasteiger partial charge in [0.2, 0.25) is 0 Å². The average molecular weight is 360 g/mol. The van der Waals surface area contributed by atoms with Crippen molar-refractivity contribution < 1.29 is 14.3 Å². The van der Waals surface area contributed by atoms with Crippen LogP contribution in [0.25, 0.3) is 6.08 Å². The molecule has 4 heteroatoms. The van der Waals surface area contributed by atoms with Crippen molar-refractivity contribution in [3.8, 4) is 0 Å². The molecule has 0 saturated carbocycles. The summed E-state index contributed by atoms with van der Waals surface area (Å²) in [5.41, 5.74) is 1.14. The molecule has 0 amide bonds. The minimum Gasteiger partial charge on any atom is -0.545 e. The van der Waals surface area contributed by atoms with Gasteiger partial charge in [-0.3, -0.25) is 0 Å². The average Bonchev–Trinajstić information content (AvgIpc) is 2.51. The molecule has 0 aliphatic heterocycles. The quantitative estimate of drug-likeness (QED) is 0.510. The van der Waals surface area contributed by atoms with E-state index in [2.05, 4.69) is 65.1 Å². The molecule has 1 aromatic carbocycles. The van der Waals surface area contributed by atoms with Crippen LogP contribution in [0.5, 0.6) is 0 Å². The van der Waals surface area contributed by atoms with Gasteiger partial charge in [-0.2, -0.15) is 0 Å². The SMILES string of the molecule is CC(C=Cc1ccccc1)C(CC=CC(=O)[O-])O[Si](C)(C)C(C)(C)C. The number of carbonyl (C=O) groups is 1. The first kappa shape index (κ1) is 21.4. The zero-order valence-electron chi connectivity index (χ0n) is 16.3. The maximum atomic E-state index is 10.7. The largest absolute Gasteiger partial charge is 0.545 e. The second kappa shape index (κ2) is 9.16. The number of hydrogen-bond donors (Lipinski definition) is 0. The van der Waals surface area contributed by atoms with Crippen LogP contribution in [0, 0.1) is 5.92 Å². The summed E-state index contributed by atoms with van der Waals surface area (Å²) in [6.45, 7) is 13.2. The zero-order chi connectivity index (χ0) is 19.1. The van der Waals surface area contributed by atoms with Crippen molar-refractivity contribution in [1.29, 1.82) is 0 Å². The molecule has 0 saturated heterocycles. The Morgan fingerprint density at radius 3 is 2.36 bits per heavy atom. The van der Waals surface area contributed by atoms with E-state index in [9.17, 15) is 9.90 Å². The Kier molecular flexibility index (Phi) is 7.84. The number of rotatable bonds is 8. The highest BCUT2D eigenvalue weighted by atomic mass is 28.4. The van der Waals surface area contributed by atoms with Crippen LogP contribution in [-0.4, -0.2) is 20.4 Å². The predicted molar refractivity (Wildman–Crippen MR) is 105 cm³/mol. The summed E-state index contributed by atoms with van der Waals surface area (Å²) in [6.07, 6.45) is 7.46. The number of carboxylic acids is 1. The molecular formula is C21H31O3Si-. The van der Waals surface area contributed by atoms with Crippen molar-refractivity contribution >= 4 is 20.4 Å². The fourth-order valence-corrected chi connectivity index (χ4v) is 3.60. The highest BCUT2D eigenvalue weighted by Gasteiger charge is 2.39. The van der Waals surface area contributed by atoms with E-state index in [0.717, 1.165) is 11.6 Å². The first-order valence-electron chi connectivity index (χ1n) is 8.81. The van der Waals surface area contributed by atoms with Crippen LogP contribution in [-0.2, 0) is 9.22 Å². The van der Waals surface area contributed by atoms with Crippen LogP contribution >= 0.6 is 0 Å². The van der Waals surface area contributed by atoms with Crippen LogP contribution in [0.2, 0.25) is 18.1 Å². The van der Waals surface area contributed by atoms with Gasteiger partial charge in [-0.05, 0) is 42.1 Å². The third kappa shape index (κ3) is 7.40. The second-order valence-corrected chi connectivity index (χ2v) is 12.8. The Balaban J connectivity index is 2.92. The molecule has 0 aromatic heterocycles. The molecule has 0 radical (unpaired) electrons. The Labute approximate surface area is 153 Å². The molecule has 2 unspecified atom stereocenters. The van der Waals surface area contributed by atoms with Crippen LogP contribution in [0.4, 0.5) is 0 Å². The van der Waals surface area contributed by atoms with E-state index in [-0.39, 0.29) is 17.1 Å². The van der Waals surface area contributed by atoms with Gasteiger partial charge in [0.1, 0.15) is 0 Å². The number of benzene rings is 1. The van der Waals surface area contributed by atoms with Crippen LogP contribution in [0.1, 0.15) is 39.7 Å². The van der Waals surface area contributed by atoms with E-state index in [4.69, 9.17) is 4.43 Å². The fraction of sp³-hybridized carbons (Fsp3) is 0.476. The van der Waals surface area contributed by atoms with E-state index in [1.165, 1.54) is 0 Å². The summed E-state index contributed by atoms with van der Waals surface area (Å²) >= 11 is 0. The number of carboxylic acid groups (broad SMARTS) is 1. The van der Waals surface area contributed by atoms with Gasteiger partial charge in [0.05, 0.1) is 12.1 Å². The highest BCUT2D eigenvalue weighted by molar-refractivity contribution is 6.74. The van der Waals surface area contributed by atoms with Crippen molar-refractivity contribution in [1.82, 2.24) is 0 Å². The summed E-state index contributed by atoms with van der Waals surface area (Å²) < 4.78 is 6.56. The molecule has 0 N–H and O–H groups in total. The summed E-state index contributed by atoms with van der Waals surface area (Å²) in [5, 5.41) is 10.8. The van der Waals surface area contributed by atoms with Crippen molar-refractivity contribution in [3.05, 3.63) is 54.1 Å². The molecular weight excluding hydrogens is 328 g/mol. The molecule has 1 rings (SSSR count). The minimum atomic E-state index is -1.95. The Morgan fingerprint density at radius 1 is 1.24 bits per heavy atom. The van der Waals surface area contributed by atoms with Gasteiger partial charge in [-0.1, -0.05) is 76.3 Å². The lowest BCUT2D eigenvalue weighted by Crippen LogP contribution is -2.45. The lowest BCUT2D eigenvalue weighted by molar-refractivity contribution is -0.297. The summed E-state index contributed by atoms with van der Waals surface area (Å²) in [7, 11) is -1.95. The first-order valence-corrected chi connectivity index (χ1v) is 11.7. The summed E-state index contributed by atoms with van der Waals surface area (Å²) in [6, 6.07) is 10.1. The van der Waals surface area contributed by atoms with E-state index < -0.39 is 14.3 Å². The third-order valence-corrected chi connectivity index (χ3v) is 9.36. The van der Waals surface area contributed by atoms with Gasteiger partial charge in [0.15, 0.2) is 8.32 Å². The highest BCUT2D eigenvalue weighted by Crippen LogP contribution is 2.38. The normalized spacial score (nSPS) is 15.6. The molecule has 3 nitrogen and oxygen atoms in total. The maximum absolute atomic E-state index is 10.7. The molecule has 0 aliphatic rings. The van der Waals surface area contributed by atoms with Gasteiger partial charge in [-0.25, -0.2) is 0 Å². The fourth-order valence-electron chi connectivity index (χ4n) is 2.17. The molecule has 0 fully saturated rings. The summed E-state index contributed by atoms with van der Waals surface area (Å²) in [5.74, 6) is -1.00. The standard InChI is InChI=1S/C21H32O3Si/c1-17(15-16-18-11-8-7-9-12-18)19(13-10-14-20(22)23)24-25(5,6)21(2,3)4/h7-12,14-17,19H,13H2,1-6H3,(H,22,23)/p-1. The van der Waals surface area contributed by atoms with E-state index >= 15 is 0 Å². The van der Waals surface area contributed by atoms with Crippen LogP contribution in [0.3, 0.4) is 0 Å². The Hall–Kier alpha value is -1.65. The van der Waals surface area contributed by atoms with Crippen LogP contribution < -0.4 is 5.11 Å². The minimum absolute atomic E-state index is 0.0588. The molecule has 1 aromatic rings. The Bertz CT molecular complexity index is 597. The van der Waals surface area contributed by atoms with Crippen molar-refractivity contribution in [3.63, 3.8) is 0 Å². The molecule has 25 heavy (non-hydrogen) atoms. The summed E-state index contributed by atoms with van der Waals surface area (Å²) in [4.78, 5) is 10.7. The maximum Gasteiger partial charge on any atom is 0.192 e. The van der Waals surface area contributed by atoms with Crippen molar-refractivity contribution in [2.24, 2.45) is 5.92 Å². The van der Waals surface area contributed by atoms with Gasteiger partial charge in [0.25, 0.3) is 0 Å². The molecule has 0 bridgehead atoms. The second-order valence-electron chi connectivity index (χ2n) is 8.00. The zero-order valence-corrected chi connectivity index (χ0v) is 17.3. The van der Waals surface area contributed by atoms with Gasteiger partial charge < -0.3 is 14.3 Å². The monoisotopic (exact) mass is 359 g/mol. The van der Waals surface area contributed by atoms with Crippen molar-refractivity contribution in [2.45, 2.75) is 58.4 Å². The van der Waals surface area contributed by atoms with E-state index in [1.54, 1.807) is 6.08 Å². The van der Waals surface area contributed by atoms with Gasteiger partial charge in [-0.15, -0.1) is 0 Å². The third-order valence-electron chi connectivity index (χ3n) is 4.85.